The maximum Gasteiger partial charge on any atom is 0.161 e. The Labute approximate surface area is 109 Å². The molecule has 0 aliphatic carbocycles. The third kappa shape index (κ3) is 2.96. The molecule has 100 valence electrons. The normalized spacial score (nSPS) is 17.6. The van der Waals surface area contributed by atoms with Gasteiger partial charge < -0.3 is 14.6 Å². The second-order valence-electron chi connectivity index (χ2n) is 5.56. The van der Waals surface area contributed by atoms with Crippen molar-refractivity contribution >= 4 is 0 Å². The molecule has 0 fully saturated rings. The van der Waals surface area contributed by atoms with Crippen molar-refractivity contribution in [2.75, 3.05) is 13.2 Å². The highest BCUT2D eigenvalue weighted by atomic mass is 16.6. The van der Waals surface area contributed by atoms with Crippen LogP contribution in [0.5, 0.6) is 11.5 Å². The Balaban J connectivity index is 2.16. The van der Waals surface area contributed by atoms with Crippen molar-refractivity contribution in [2.45, 2.75) is 39.2 Å². The maximum atomic E-state index is 10.5. The molecule has 2 rings (SSSR count). The quantitative estimate of drug-likeness (QED) is 0.892. The molecule has 0 spiro atoms. The summed E-state index contributed by atoms with van der Waals surface area (Å²) in [5.41, 5.74) is 0.0903. The Morgan fingerprint density at radius 3 is 2.56 bits per heavy atom. The van der Waals surface area contributed by atoms with Crippen molar-refractivity contribution in [1.82, 2.24) is 0 Å². The zero-order chi connectivity index (χ0) is 13.2. The molecule has 1 N–H and O–H groups in total. The fraction of sp³-hybridized carbons (Fsp3) is 0.600. The smallest absolute Gasteiger partial charge is 0.161 e. The van der Waals surface area contributed by atoms with E-state index >= 15 is 0 Å². The van der Waals surface area contributed by atoms with E-state index in [1.54, 1.807) is 0 Å². The van der Waals surface area contributed by atoms with E-state index in [2.05, 4.69) is 13.8 Å². The first-order valence-corrected chi connectivity index (χ1v) is 6.61. The van der Waals surface area contributed by atoms with Gasteiger partial charge in [0, 0.05) is 0 Å². The third-order valence-corrected chi connectivity index (χ3v) is 3.37. The topological polar surface area (TPSA) is 38.7 Å². The van der Waals surface area contributed by atoms with Gasteiger partial charge in [-0.15, -0.1) is 0 Å². The summed E-state index contributed by atoms with van der Waals surface area (Å²) in [7, 11) is 0. The number of ether oxygens (including phenoxy) is 2. The lowest BCUT2D eigenvalue weighted by molar-refractivity contribution is 0.0414. The molecule has 3 heteroatoms. The molecular weight excluding hydrogens is 228 g/mol. The van der Waals surface area contributed by atoms with Gasteiger partial charge in [-0.1, -0.05) is 19.9 Å². The monoisotopic (exact) mass is 250 g/mol. The van der Waals surface area contributed by atoms with Gasteiger partial charge >= 0.3 is 0 Å². The van der Waals surface area contributed by atoms with Gasteiger partial charge in [-0.05, 0) is 43.4 Å². The largest absolute Gasteiger partial charge is 0.486 e. The number of hydrogen-bond donors (Lipinski definition) is 1. The summed E-state index contributed by atoms with van der Waals surface area (Å²) in [6.45, 7) is 7.36. The van der Waals surface area contributed by atoms with E-state index in [1.807, 2.05) is 25.1 Å². The molecule has 1 atom stereocenters. The molecule has 1 aromatic rings. The van der Waals surface area contributed by atoms with E-state index in [4.69, 9.17) is 9.47 Å². The third-order valence-electron chi connectivity index (χ3n) is 3.37. The van der Waals surface area contributed by atoms with Crippen molar-refractivity contribution < 1.29 is 14.6 Å². The van der Waals surface area contributed by atoms with E-state index in [0.29, 0.717) is 19.1 Å². The second kappa shape index (κ2) is 5.19. The number of fused-ring (bicyclic) bond motifs is 1. The molecule has 18 heavy (non-hydrogen) atoms. The van der Waals surface area contributed by atoms with Gasteiger partial charge in [0.25, 0.3) is 0 Å². The summed E-state index contributed by atoms with van der Waals surface area (Å²) in [5.74, 6) is 2.10. The Hall–Kier alpha value is -1.22. The number of aliphatic hydroxyl groups is 1. The van der Waals surface area contributed by atoms with Crippen LogP contribution in [0.4, 0.5) is 0 Å². The van der Waals surface area contributed by atoms with E-state index in [0.717, 1.165) is 29.9 Å². The SMILES string of the molecule is CC(C)CCC(C)(O)c1ccc2c(c1)OCCO2. The molecule has 0 aromatic heterocycles. The fourth-order valence-electron chi connectivity index (χ4n) is 2.09. The van der Waals surface area contributed by atoms with Crippen LogP contribution >= 0.6 is 0 Å². The van der Waals surface area contributed by atoms with Crippen LogP contribution in [-0.2, 0) is 5.60 Å². The minimum atomic E-state index is -0.805. The van der Waals surface area contributed by atoms with Crippen LogP contribution in [0, 0.1) is 5.92 Å². The van der Waals surface area contributed by atoms with Crippen molar-refractivity contribution in [1.29, 1.82) is 0 Å². The standard InChI is InChI=1S/C15H22O3/c1-11(2)6-7-15(3,16)12-4-5-13-14(10-12)18-9-8-17-13/h4-5,10-11,16H,6-9H2,1-3H3. The molecule has 0 amide bonds. The molecule has 1 heterocycles. The molecule has 1 aliphatic rings. The van der Waals surface area contributed by atoms with Crippen LogP contribution < -0.4 is 9.47 Å². The second-order valence-corrected chi connectivity index (χ2v) is 5.56. The summed E-state index contributed by atoms with van der Waals surface area (Å²) < 4.78 is 11.0. The Morgan fingerprint density at radius 1 is 1.22 bits per heavy atom. The lowest BCUT2D eigenvalue weighted by Gasteiger charge is -2.27. The van der Waals surface area contributed by atoms with Gasteiger partial charge in [0.05, 0.1) is 5.60 Å². The van der Waals surface area contributed by atoms with E-state index in [-0.39, 0.29) is 0 Å². The van der Waals surface area contributed by atoms with Gasteiger partial charge in [-0.25, -0.2) is 0 Å². The highest BCUT2D eigenvalue weighted by Gasteiger charge is 2.25. The fourth-order valence-corrected chi connectivity index (χ4v) is 2.09. The number of hydrogen-bond acceptors (Lipinski definition) is 3. The van der Waals surface area contributed by atoms with Crippen molar-refractivity contribution in [2.24, 2.45) is 5.92 Å². The summed E-state index contributed by atoms with van der Waals surface area (Å²) in [6, 6.07) is 5.70. The lowest BCUT2D eigenvalue weighted by Crippen LogP contribution is -2.23. The van der Waals surface area contributed by atoms with Crippen LogP contribution in [0.25, 0.3) is 0 Å². The molecule has 0 saturated carbocycles. The van der Waals surface area contributed by atoms with E-state index in [9.17, 15) is 5.11 Å². The highest BCUT2D eigenvalue weighted by molar-refractivity contribution is 5.45. The van der Waals surface area contributed by atoms with Gasteiger partial charge in [-0.3, -0.25) is 0 Å². The molecule has 3 nitrogen and oxygen atoms in total. The number of benzene rings is 1. The predicted octanol–water partition coefficient (Wildman–Crippen LogP) is 3.10. The molecule has 0 bridgehead atoms. The summed E-state index contributed by atoms with van der Waals surface area (Å²) in [4.78, 5) is 0. The maximum absolute atomic E-state index is 10.5. The van der Waals surface area contributed by atoms with E-state index < -0.39 is 5.60 Å². The Morgan fingerprint density at radius 2 is 1.89 bits per heavy atom. The molecule has 1 aromatic carbocycles. The lowest BCUT2D eigenvalue weighted by atomic mass is 9.88. The minimum absolute atomic E-state index is 0.574. The van der Waals surface area contributed by atoms with Gasteiger partial charge in [0.15, 0.2) is 11.5 Å². The summed E-state index contributed by atoms with van der Waals surface area (Å²) in [5, 5.41) is 10.5. The minimum Gasteiger partial charge on any atom is -0.486 e. The van der Waals surface area contributed by atoms with Crippen molar-refractivity contribution in [3.05, 3.63) is 23.8 Å². The molecular formula is C15H22O3. The molecule has 1 unspecified atom stereocenters. The van der Waals surface area contributed by atoms with Gasteiger partial charge in [-0.2, -0.15) is 0 Å². The zero-order valence-electron chi connectivity index (χ0n) is 11.4. The average Bonchev–Trinajstić information content (AvgIpc) is 2.36. The Kier molecular flexibility index (Phi) is 3.81. The summed E-state index contributed by atoms with van der Waals surface area (Å²) >= 11 is 0. The first-order chi connectivity index (χ1) is 8.49. The van der Waals surface area contributed by atoms with E-state index in [1.165, 1.54) is 0 Å². The van der Waals surface area contributed by atoms with Gasteiger partial charge in [0.1, 0.15) is 13.2 Å². The molecule has 0 radical (unpaired) electrons. The van der Waals surface area contributed by atoms with Crippen LogP contribution in [0.1, 0.15) is 39.2 Å². The predicted molar refractivity (Wildman–Crippen MR) is 71.1 cm³/mol. The number of rotatable bonds is 4. The summed E-state index contributed by atoms with van der Waals surface area (Å²) in [6.07, 6.45) is 1.76. The van der Waals surface area contributed by atoms with Crippen LogP contribution in [0.2, 0.25) is 0 Å². The van der Waals surface area contributed by atoms with Crippen LogP contribution in [-0.4, -0.2) is 18.3 Å². The first kappa shape index (κ1) is 13.2. The average molecular weight is 250 g/mol. The van der Waals surface area contributed by atoms with Crippen molar-refractivity contribution in [3.63, 3.8) is 0 Å². The molecule has 0 saturated heterocycles. The van der Waals surface area contributed by atoms with Crippen molar-refractivity contribution in [3.8, 4) is 11.5 Å². The van der Waals surface area contributed by atoms with Crippen LogP contribution in [0.3, 0.4) is 0 Å². The zero-order valence-corrected chi connectivity index (χ0v) is 11.4. The van der Waals surface area contributed by atoms with Gasteiger partial charge in [0.2, 0.25) is 0 Å². The highest BCUT2D eigenvalue weighted by Crippen LogP contribution is 2.36. The first-order valence-electron chi connectivity index (χ1n) is 6.61. The Bertz CT molecular complexity index is 410. The van der Waals surface area contributed by atoms with Crippen LogP contribution in [0.15, 0.2) is 18.2 Å². The molecule has 1 aliphatic heterocycles.